The highest BCUT2D eigenvalue weighted by atomic mass is 32.1. The first-order valence-electron chi connectivity index (χ1n) is 9.55. The molecule has 3 rings (SSSR count). The molecule has 1 aliphatic heterocycles. The summed E-state index contributed by atoms with van der Waals surface area (Å²) < 4.78 is 0. The second-order valence-electron chi connectivity index (χ2n) is 9.06. The number of thiophene rings is 1. The van der Waals surface area contributed by atoms with E-state index in [0.717, 1.165) is 17.7 Å². The van der Waals surface area contributed by atoms with Crippen molar-refractivity contribution < 1.29 is 14.4 Å². The number of hydrogen-bond donors (Lipinski definition) is 2. The molecule has 2 fully saturated rings. The predicted molar refractivity (Wildman–Crippen MR) is 105 cm³/mol. The molecule has 0 aromatic carbocycles. The summed E-state index contributed by atoms with van der Waals surface area (Å²) in [5, 5.41) is 9.86. The van der Waals surface area contributed by atoms with Gasteiger partial charge in [-0.15, -0.1) is 0 Å². The number of carbonyl (C=O) groups excluding carboxylic acids is 3. The summed E-state index contributed by atoms with van der Waals surface area (Å²) in [6.07, 6.45) is 3.00. The van der Waals surface area contributed by atoms with Crippen molar-refractivity contribution in [2.75, 3.05) is 6.54 Å². The van der Waals surface area contributed by atoms with Crippen LogP contribution in [0.5, 0.6) is 0 Å². The first-order chi connectivity index (χ1) is 12.6. The van der Waals surface area contributed by atoms with Gasteiger partial charge < -0.3 is 10.6 Å². The highest BCUT2D eigenvalue weighted by Gasteiger charge is 2.56. The molecule has 148 valence electrons. The maximum atomic E-state index is 13.1. The lowest BCUT2D eigenvalue weighted by Crippen LogP contribution is -2.54. The second-order valence-corrected chi connectivity index (χ2v) is 9.84. The van der Waals surface area contributed by atoms with Gasteiger partial charge >= 0.3 is 6.03 Å². The van der Waals surface area contributed by atoms with Gasteiger partial charge in [0.25, 0.3) is 5.91 Å². The van der Waals surface area contributed by atoms with Gasteiger partial charge in [0.05, 0.1) is 0 Å². The Kier molecular flexibility index (Phi) is 5.34. The molecule has 1 saturated carbocycles. The summed E-state index contributed by atoms with van der Waals surface area (Å²) in [6, 6.07) is 1.52. The van der Waals surface area contributed by atoms with E-state index in [0.29, 0.717) is 18.8 Å². The van der Waals surface area contributed by atoms with Crippen molar-refractivity contribution in [2.45, 2.75) is 65.0 Å². The van der Waals surface area contributed by atoms with Crippen LogP contribution < -0.4 is 10.6 Å². The number of nitrogens with one attached hydrogen (secondary N) is 2. The summed E-state index contributed by atoms with van der Waals surface area (Å²) in [7, 11) is 0. The molecule has 0 radical (unpaired) electrons. The molecular weight excluding hydrogens is 362 g/mol. The number of urea groups is 1. The minimum absolute atomic E-state index is 0.0199. The monoisotopic (exact) mass is 391 g/mol. The lowest BCUT2D eigenvalue weighted by molar-refractivity contribution is -0.137. The summed E-state index contributed by atoms with van der Waals surface area (Å²) in [5.41, 5.74) is 0.287. The summed E-state index contributed by atoms with van der Waals surface area (Å²) in [5.74, 6) is -0.216. The number of amides is 4. The maximum absolute atomic E-state index is 13.1. The van der Waals surface area contributed by atoms with Gasteiger partial charge in [-0.1, -0.05) is 20.8 Å². The van der Waals surface area contributed by atoms with Crippen LogP contribution in [0, 0.1) is 11.3 Å². The zero-order chi connectivity index (χ0) is 19.8. The molecule has 1 aromatic rings. The quantitative estimate of drug-likeness (QED) is 0.758. The van der Waals surface area contributed by atoms with Crippen LogP contribution in [0.15, 0.2) is 16.8 Å². The van der Waals surface area contributed by atoms with E-state index in [9.17, 15) is 14.4 Å². The van der Waals surface area contributed by atoms with E-state index in [-0.39, 0.29) is 29.8 Å². The highest BCUT2D eigenvalue weighted by Crippen LogP contribution is 2.46. The van der Waals surface area contributed by atoms with E-state index < -0.39 is 11.6 Å². The topological polar surface area (TPSA) is 78.5 Å². The van der Waals surface area contributed by atoms with Gasteiger partial charge in [0.1, 0.15) is 12.1 Å². The van der Waals surface area contributed by atoms with E-state index in [4.69, 9.17) is 0 Å². The van der Waals surface area contributed by atoms with Gasteiger partial charge in [0.15, 0.2) is 0 Å². The molecule has 1 saturated heterocycles. The van der Waals surface area contributed by atoms with Crippen LogP contribution in [-0.4, -0.2) is 40.9 Å². The van der Waals surface area contributed by atoms with E-state index in [1.54, 1.807) is 11.3 Å². The van der Waals surface area contributed by atoms with Gasteiger partial charge in [0, 0.05) is 6.04 Å². The van der Waals surface area contributed by atoms with E-state index in [1.165, 1.54) is 5.56 Å². The Morgan fingerprint density at radius 1 is 1.41 bits per heavy atom. The molecule has 4 amide bonds. The maximum Gasteiger partial charge on any atom is 0.325 e. The SMILES string of the molecule is CC1CC(C)(C)CC2(C1)NC(=O)N(CC(=O)NC(C)Cc1ccsc1)C2=O. The molecule has 7 heteroatoms. The standard InChI is InChI=1S/C20H29N3O3S/c1-13-8-19(3,4)12-20(9-13)17(25)23(18(26)22-20)10-16(24)21-14(2)7-15-5-6-27-11-15/h5-6,11,13-14H,7-10,12H2,1-4H3,(H,21,24)(H,22,26). The van der Waals surface area contributed by atoms with Gasteiger partial charge in [-0.3, -0.25) is 14.5 Å². The Balaban J connectivity index is 1.62. The van der Waals surface area contributed by atoms with Crippen molar-refractivity contribution in [3.63, 3.8) is 0 Å². The van der Waals surface area contributed by atoms with Crippen LogP contribution in [-0.2, 0) is 16.0 Å². The number of carbonyl (C=O) groups is 3. The zero-order valence-corrected chi connectivity index (χ0v) is 17.3. The van der Waals surface area contributed by atoms with Crippen molar-refractivity contribution in [3.8, 4) is 0 Å². The minimum Gasteiger partial charge on any atom is -0.352 e. The molecule has 1 spiro atoms. The third kappa shape index (κ3) is 4.34. The Labute approximate surface area is 164 Å². The lowest BCUT2D eigenvalue weighted by Gasteiger charge is -2.43. The second kappa shape index (κ2) is 7.26. The van der Waals surface area contributed by atoms with Gasteiger partial charge in [-0.2, -0.15) is 11.3 Å². The lowest BCUT2D eigenvalue weighted by atomic mass is 9.64. The number of imide groups is 1. The van der Waals surface area contributed by atoms with Gasteiger partial charge in [-0.25, -0.2) is 4.79 Å². The molecule has 2 N–H and O–H groups in total. The van der Waals surface area contributed by atoms with Gasteiger partial charge in [-0.05, 0) is 66.3 Å². The predicted octanol–water partition coefficient (Wildman–Crippen LogP) is 2.93. The fourth-order valence-electron chi connectivity index (χ4n) is 4.93. The third-order valence-corrected chi connectivity index (χ3v) is 6.19. The molecule has 3 atom stereocenters. The number of rotatable bonds is 5. The molecule has 1 aliphatic carbocycles. The van der Waals surface area contributed by atoms with Crippen LogP contribution in [0.3, 0.4) is 0 Å². The summed E-state index contributed by atoms with van der Waals surface area (Å²) >= 11 is 1.62. The third-order valence-electron chi connectivity index (χ3n) is 5.46. The molecule has 27 heavy (non-hydrogen) atoms. The van der Waals surface area contributed by atoms with Crippen LogP contribution >= 0.6 is 11.3 Å². The summed E-state index contributed by atoms with van der Waals surface area (Å²) in [4.78, 5) is 39.0. The Hall–Kier alpha value is -1.89. The van der Waals surface area contributed by atoms with Gasteiger partial charge in [0.2, 0.25) is 5.91 Å². The van der Waals surface area contributed by atoms with Crippen LogP contribution in [0.2, 0.25) is 0 Å². The van der Waals surface area contributed by atoms with Crippen molar-refractivity contribution in [1.29, 1.82) is 0 Å². The number of nitrogens with zero attached hydrogens (tertiary/aromatic N) is 1. The highest BCUT2D eigenvalue weighted by molar-refractivity contribution is 7.07. The molecule has 2 heterocycles. The first-order valence-corrected chi connectivity index (χ1v) is 10.5. The Morgan fingerprint density at radius 2 is 2.15 bits per heavy atom. The minimum atomic E-state index is -0.860. The van der Waals surface area contributed by atoms with E-state index in [2.05, 4.69) is 36.8 Å². The average Bonchev–Trinajstić information content (AvgIpc) is 3.08. The van der Waals surface area contributed by atoms with E-state index >= 15 is 0 Å². The Bertz CT molecular complexity index is 731. The smallest absolute Gasteiger partial charge is 0.325 e. The van der Waals surface area contributed by atoms with Crippen molar-refractivity contribution in [1.82, 2.24) is 15.5 Å². The molecule has 1 aromatic heterocycles. The molecule has 6 nitrogen and oxygen atoms in total. The van der Waals surface area contributed by atoms with Crippen molar-refractivity contribution >= 4 is 29.2 Å². The Morgan fingerprint density at radius 3 is 2.78 bits per heavy atom. The largest absolute Gasteiger partial charge is 0.352 e. The van der Waals surface area contributed by atoms with Crippen LogP contribution in [0.1, 0.15) is 52.5 Å². The molecule has 2 aliphatic rings. The fourth-order valence-corrected chi connectivity index (χ4v) is 5.61. The van der Waals surface area contributed by atoms with Crippen molar-refractivity contribution in [3.05, 3.63) is 22.4 Å². The average molecular weight is 392 g/mol. The molecular formula is C20H29N3O3S. The van der Waals surface area contributed by atoms with Crippen LogP contribution in [0.4, 0.5) is 4.79 Å². The van der Waals surface area contributed by atoms with E-state index in [1.807, 2.05) is 18.4 Å². The normalized spacial score (nSPS) is 28.3. The number of hydrogen-bond acceptors (Lipinski definition) is 4. The van der Waals surface area contributed by atoms with Crippen molar-refractivity contribution in [2.24, 2.45) is 11.3 Å². The first kappa shape index (κ1) is 19.9. The van der Waals surface area contributed by atoms with Crippen LogP contribution in [0.25, 0.3) is 0 Å². The fraction of sp³-hybridized carbons (Fsp3) is 0.650. The molecule has 3 unspecified atom stereocenters. The zero-order valence-electron chi connectivity index (χ0n) is 16.5. The molecule has 0 bridgehead atoms. The summed E-state index contributed by atoms with van der Waals surface area (Å²) in [6.45, 7) is 8.07.